The number of piperidine rings is 1. The van der Waals surface area contributed by atoms with Gasteiger partial charge in [-0.3, -0.25) is 4.90 Å². The third-order valence-electron chi connectivity index (χ3n) is 3.56. The van der Waals surface area contributed by atoms with Gasteiger partial charge in [-0.2, -0.15) is 0 Å². The van der Waals surface area contributed by atoms with E-state index in [1.807, 2.05) is 4.90 Å². The Labute approximate surface area is 104 Å². The van der Waals surface area contributed by atoms with E-state index in [9.17, 15) is 4.79 Å². The molecule has 0 radical (unpaired) electrons. The molecule has 0 aliphatic carbocycles. The highest BCUT2D eigenvalue weighted by Crippen LogP contribution is 2.28. The number of nitrogens with zero attached hydrogens (tertiary/aromatic N) is 1. The van der Waals surface area contributed by atoms with E-state index in [0.717, 1.165) is 32.1 Å². The molecule has 2 saturated heterocycles. The fraction of sp³-hybridized carbons (Fsp3) is 0.786. The standard InChI is InChI=1S/C14H21NO2/c1-2-3-4-5-7-12-8-6-9-13-10-11-17-14(16)15(12)13/h12-13H,2-4,6,8-11H2,1H3/t12-,13+/m0/s1. The average Bonchev–Trinajstić information content (AvgIpc) is 2.35. The summed E-state index contributed by atoms with van der Waals surface area (Å²) in [7, 11) is 0. The van der Waals surface area contributed by atoms with Gasteiger partial charge in [-0.05, 0) is 25.7 Å². The number of carbonyl (C=O) groups is 1. The van der Waals surface area contributed by atoms with Crippen LogP contribution < -0.4 is 0 Å². The predicted octanol–water partition coefficient (Wildman–Crippen LogP) is 2.94. The molecule has 0 aromatic carbocycles. The van der Waals surface area contributed by atoms with Gasteiger partial charge in [0.15, 0.2) is 0 Å². The van der Waals surface area contributed by atoms with E-state index in [2.05, 4.69) is 18.8 Å². The minimum absolute atomic E-state index is 0.0957. The first-order valence-electron chi connectivity index (χ1n) is 6.76. The second-order valence-electron chi connectivity index (χ2n) is 4.84. The molecule has 0 bridgehead atoms. The van der Waals surface area contributed by atoms with Gasteiger partial charge >= 0.3 is 6.09 Å². The van der Waals surface area contributed by atoms with Gasteiger partial charge in [-0.15, -0.1) is 5.92 Å². The number of amides is 1. The maximum absolute atomic E-state index is 11.8. The van der Waals surface area contributed by atoms with Crippen molar-refractivity contribution in [1.82, 2.24) is 4.90 Å². The molecule has 2 rings (SSSR count). The Bertz CT molecular complexity index is 327. The zero-order valence-corrected chi connectivity index (χ0v) is 10.6. The molecule has 0 aromatic heterocycles. The number of ether oxygens (including phenoxy) is 1. The van der Waals surface area contributed by atoms with Crippen LogP contribution >= 0.6 is 0 Å². The largest absolute Gasteiger partial charge is 0.449 e. The summed E-state index contributed by atoms with van der Waals surface area (Å²) in [4.78, 5) is 13.6. The zero-order valence-electron chi connectivity index (χ0n) is 10.6. The van der Waals surface area contributed by atoms with Gasteiger partial charge in [0.1, 0.15) is 0 Å². The van der Waals surface area contributed by atoms with Crippen molar-refractivity contribution in [2.45, 2.75) is 64.0 Å². The second-order valence-corrected chi connectivity index (χ2v) is 4.84. The Kier molecular flexibility index (Phi) is 4.30. The molecular weight excluding hydrogens is 214 g/mol. The topological polar surface area (TPSA) is 29.5 Å². The van der Waals surface area contributed by atoms with Crippen molar-refractivity contribution in [2.75, 3.05) is 6.61 Å². The summed E-state index contributed by atoms with van der Waals surface area (Å²) >= 11 is 0. The van der Waals surface area contributed by atoms with Crippen LogP contribution in [0.15, 0.2) is 0 Å². The first-order chi connectivity index (χ1) is 8.33. The lowest BCUT2D eigenvalue weighted by Gasteiger charge is -2.41. The molecule has 0 spiro atoms. The number of rotatable bonds is 2. The van der Waals surface area contributed by atoms with Crippen LogP contribution in [0.4, 0.5) is 4.79 Å². The van der Waals surface area contributed by atoms with Gasteiger partial charge in [0, 0.05) is 18.9 Å². The van der Waals surface area contributed by atoms with Crippen LogP contribution in [-0.2, 0) is 4.74 Å². The van der Waals surface area contributed by atoms with Crippen molar-refractivity contribution >= 4 is 6.09 Å². The van der Waals surface area contributed by atoms with Crippen molar-refractivity contribution in [2.24, 2.45) is 0 Å². The molecular formula is C14H21NO2. The lowest BCUT2D eigenvalue weighted by molar-refractivity contribution is 0.0168. The molecule has 3 heteroatoms. The molecule has 2 aliphatic rings. The SMILES string of the molecule is CCCCC#C[C@H]1CCC[C@@H]2CCOC(=O)N21. The molecule has 0 aromatic rings. The Morgan fingerprint density at radius 3 is 3.12 bits per heavy atom. The van der Waals surface area contributed by atoms with Gasteiger partial charge in [0.2, 0.25) is 0 Å². The summed E-state index contributed by atoms with van der Waals surface area (Å²) in [5.74, 6) is 6.47. The summed E-state index contributed by atoms with van der Waals surface area (Å²) in [6, 6.07) is 0.467. The number of fused-ring (bicyclic) bond motifs is 1. The molecule has 2 fully saturated rings. The fourth-order valence-corrected chi connectivity index (χ4v) is 2.59. The van der Waals surface area contributed by atoms with E-state index in [1.54, 1.807) is 0 Å². The van der Waals surface area contributed by atoms with E-state index < -0.39 is 0 Å². The van der Waals surface area contributed by atoms with E-state index in [0.29, 0.717) is 12.6 Å². The number of hydrogen-bond donors (Lipinski definition) is 0. The quantitative estimate of drug-likeness (QED) is 0.544. The molecule has 3 nitrogen and oxygen atoms in total. The van der Waals surface area contributed by atoms with E-state index in [-0.39, 0.29) is 12.1 Å². The molecule has 1 amide bonds. The van der Waals surface area contributed by atoms with Crippen LogP contribution in [0.5, 0.6) is 0 Å². The molecule has 2 atom stereocenters. The van der Waals surface area contributed by atoms with Crippen LogP contribution in [0.3, 0.4) is 0 Å². The Balaban J connectivity index is 1.99. The Morgan fingerprint density at radius 1 is 1.41 bits per heavy atom. The van der Waals surface area contributed by atoms with Gasteiger partial charge in [-0.25, -0.2) is 4.79 Å². The molecule has 0 unspecified atom stereocenters. The minimum atomic E-state index is -0.157. The third kappa shape index (κ3) is 2.94. The molecule has 94 valence electrons. The smallest absolute Gasteiger partial charge is 0.411 e. The summed E-state index contributed by atoms with van der Waals surface area (Å²) in [6.07, 6.45) is 7.38. The van der Waals surface area contributed by atoms with Gasteiger partial charge < -0.3 is 4.74 Å². The maximum Gasteiger partial charge on any atom is 0.411 e. The summed E-state index contributed by atoms with van der Waals surface area (Å²) < 4.78 is 5.12. The second kappa shape index (κ2) is 5.95. The summed E-state index contributed by atoms with van der Waals surface area (Å²) in [5.41, 5.74) is 0. The Morgan fingerprint density at radius 2 is 2.29 bits per heavy atom. The summed E-state index contributed by atoms with van der Waals surface area (Å²) in [6.45, 7) is 2.75. The van der Waals surface area contributed by atoms with Gasteiger partial charge in [0.25, 0.3) is 0 Å². The van der Waals surface area contributed by atoms with E-state index in [4.69, 9.17) is 4.74 Å². The number of unbranched alkanes of at least 4 members (excludes halogenated alkanes) is 2. The minimum Gasteiger partial charge on any atom is -0.449 e. The predicted molar refractivity (Wildman–Crippen MR) is 66.5 cm³/mol. The molecule has 17 heavy (non-hydrogen) atoms. The maximum atomic E-state index is 11.8. The van der Waals surface area contributed by atoms with Crippen molar-refractivity contribution in [3.8, 4) is 11.8 Å². The first-order valence-corrected chi connectivity index (χ1v) is 6.76. The monoisotopic (exact) mass is 235 g/mol. The number of carbonyl (C=O) groups excluding carboxylic acids is 1. The van der Waals surface area contributed by atoms with E-state index >= 15 is 0 Å². The Hall–Kier alpha value is -1.17. The highest BCUT2D eigenvalue weighted by Gasteiger charge is 2.37. The van der Waals surface area contributed by atoms with Crippen molar-refractivity contribution in [1.29, 1.82) is 0 Å². The van der Waals surface area contributed by atoms with Crippen LogP contribution in [-0.4, -0.2) is 29.7 Å². The molecule has 0 saturated carbocycles. The van der Waals surface area contributed by atoms with Crippen molar-refractivity contribution < 1.29 is 9.53 Å². The highest BCUT2D eigenvalue weighted by molar-refractivity contribution is 5.70. The molecule has 2 heterocycles. The van der Waals surface area contributed by atoms with Crippen molar-refractivity contribution in [3.63, 3.8) is 0 Å². The van der Waals surface area contributed by atoms with Crippen molar-refractivity contribution in [3.05, 3.63) is 0 Å². The van der Waals surface area contributed by atoms with Gasteiger partial charge in [-0.1, -0.05) is 19.3 Å². The lowest BCUT2D eigenvalue weighted by atomic mass is 9.93. The molecule has 2 aliphatic heterocycles. The average molecular weight is 235 g/mol. The van der Waals surface area contributed by atoms with Gasteiger partial charge in [0.05, 0.1) is 12.6 Å². The van der Waals surface area contributed by atoms with Crippen LogP contribution in [0.25, 0.3) is 0 Å². The third-order valence-corrected chi connectivity index (χ3v) is 3.56. The highest BCUT2D eigenvalue weighted by atomic mass is 16.6. The van der Waals surface area contributed by atoms with E-state index in [1.165, 1.54) is 12.8 Å². The summed E-state index contributed by atoms with van der Waals surface area (Å²) in [5, 5.41) is 0. The van der Waals surface area contributed by atoms with Crippen LogP contribution in [0, 0.1) is 11.8 Å². The van der Waals surface area contributed by atoms with Crippen LogP contribution in [0.1, 0.15) is 51.9 Å². The number of cyclic esters (lactones) is 1. The van der Waals surface area contributed by atoms with Crippen LogP contribution in [0.2, 0.25) is 0 Å². The fourth-order valence-electron chi connectivity index (χ4n) is 2.59. The normalized spacial score (nSPS) is 27.8. The number of hydrogen-bond acceptors (Lipinski definition) is 2. The lowest BCUT2D eigenvalue weighted by Crippen LogP contribution is -2.53. The zero-order chi connectivity index (χ0) is 12.1. The first kappa shape index (κ1) is 12.3. The molecule has 0 N–H and O–H groups in total.